The number of rotatable bonds is 8. The summed E-state index contributed by atoms with van der Waals surface area (Å²) in [6, 6.07) is 10.5. The van der Waals surface area contributed by atoms with Crippen LogP contribution in [-0.2, 0) is 4.74 Å². The van der Waals surface area contributed by atoms with Gasteiger partial charge >= 0.3 is 0 Å². The minimum absolute atomic E-state index is 0.0841. The van der Waals surface area contributed by atoms with Crippen LogP contribution in [0.2, 0.25) is 0 Å². The number of benzene rings is 1. The van der Waals surface area contributed by atoms with Gasteiger partial charge in [0.15, 0.2) is 5.82 Å². The number of nitrogens with one attached hydrogen (secondary N) is 1. The van der Waals surface area contributed by atoms with Crippen molar-refractivity contribution in [2.45, 2.75) is 56.7 Å². The van der Waals surface area contributed by atoms with E-state index in [1.165, 1.54) is 6.20 Å². The smallest absolute Gasteiger partial charge is 0.255 e. The van der Waals surface area contributed by atoms with Crippen LogP contribution in [0.4, 0.5) is 4.39 Å². The number of ether oxygens (including phenoxy) is 1. The Kier molecular flexibility index (Phi) is 6.16. The average molecular weight is 412 g/mol. The van der Waals surface area contributed by atoms with Crippen molar-refractivity contribution in [3.63, 3.8) is 0 Å². The Morgan fingerprint density at radius 3 is 2.70 bits per heavy atom. The lowest BCUT2D eigenvalue weighted by Crippen LogP contribution is -2.52. The topological polar surface area (TPSA) is 54.5 Å². The van der Waals surface area contributed by atoms with Crippen molar-refractivity contribution in [2.75, 3.05) is 20.3 Å². The fraction of sp³-hybridized carbons (Fsp3) is 0.500. The highest BCUT2D eigenvalue weighted by atomic mass is 19.1. The van der Waals surface area contributed by atoms with E-state index in [9.17, 15) is 9.18 Å². The van der Waals surface area contributed by atoms with Gasteiger partial charge in [-0.25, -0.2) is 4.39 Å². The van der Waals surface area contributed by atoms with Crippen molar-refractivity contribution >= 4 is 5.91 Å². The van der Waals surface area contributed by atoms with E-state index in [-0.39, 0.29) is 23.1 Å². The van der Waals surface area contributed by atoms with E-state index >= 15 is 0 Å². The van der Waals surface area contributed by atoms with Gasteiger partial charge in [-0.15, -0.1) is 0 Å². The normalized spacial score (nSPS) is 24.2. The highest BCUT2D eigenvalue weighted by molar-refractivity contribution is 5.96. The zero-order valence-corrected chi connectivity index (χ0v) is 17.7. The SMILES string of the molecule is COCCCN1C2CCC1(C(NC(=O)c1c(C)cncc1F)c1ccccc1)CC2. The largest absolute Gasteiger partial charge is 0.385 e. The molecule has 2 fully saturated rings. The number of pyridine rings is 1. The Hall–Kier alpha value is -2.31. The molecule has 2 aromatic rings. The molecule has 3 heterocycles. The van der Waals surface area contributed by atoms with Crippen LogP contribution >= 0.6 is 0 Å². The predicted molar refractivity (Wildman–Crippen MR) is 114 cm³/mol. The summed E-state index contributed by atoms with van der Waals surface area (Å²) in [6.45, 7) is 3.39. The van der Waals surface area contributed by atoms with Crippen molar-refractivity contribution in [1.82, 2.24) is 15.2 Å². The van der Waals surface area contributed by atoms with E-state index in [1.807, 2.05) is 18.2 Å². The summed E-state index contributed by atoms with van der Waals surface area (Å²) in [5.41, 5.74) is 1.55. The minimum atomic E-state index is -0.579. The second-order valence-electron chi connectivity index (χ2n) is 8.50. The Labute approximate surface area is 177 Å². The van der Waals surface area contributed by atoms with Crippen LogP contribution in [-0.4, -0.2) is 47.6 Å². The molecule has 4 rings (SSSR count). The Balaban J connectivity index is 1.68. The molecule has 1 aromatic heterocycles. The molecule has 0 saturated carbocycles. The maximum atomic E-state index is 14.5. The van der Waals surface area contributed by atoms with Crippen LogP contribution < -0.4 is 5.32 Å². The zero-order chi connectivity index (χ0) is 21.1. The maximum absolute atomic E-state index is 14.5. The number of carbonyl (C=O) groups excluding carboxylic acids is 1. The number of nitrogens with zero attached hydrogens (tertiary/aromatic N) is 2. The molecule has 5 nitrogen and oxygen atoms in total. The molecule has 30 heavy (non-hydrogen) atoms. The number of hydrogen-bond acceptors (Lipinski definition) is 4. The number of halogens is 1. The molecule has 2 bridgehead atoms. The van der Waals surface area contributed by atoms with E-state index in [0.29, 0.717) is 11.6 Å². The van der Waals surface area contributed by atoms with Gasteiger partial charge in [0.2, 0.25) is 0 Å². The zero-order valence-electron chi connectivity index (χ0n) is 17.7. The van der Waals surface area contributed by atoms with E-state index in [4.69, 9.17) is 4.74 Å². The van der Waals surface area contributed by atoms with Gasteiger partial charge in [0.05, 0.1) is 17.8 Å². The van der Waals surface area contributed by atoms with Crippen molar-refractivity contribution < 1.29 is 13.9 Å². The molecular weight excluding hydrogens is 381 g/mol. The summed E-state index contributed by atoms with van der Waals surface area (Å²) < 4.78 is 19.7. The summed E-state index contributed by atoms with van der Waals surface area (Å²) in [7, 11) is 1.73. The first-order chi connectivity index (χ1) is 14.6. The number of methoxy groups -OCH3 is 1. The Morgan fingerprint density at radius 2 is 2.03 bits per heavy atom. The van der Waals surface area contributed by atoms with Gasteiger partial charge in [-0.1, -0.05) is 30.3 Å². The van der Waals surface area contributed by atoms with Gasteiger partial charge in [0.1, 0.15) is 0 Å². The fourth-order valence-electron chi connectivity index (χ4n) is 5.50. The monoisotopic (exact) mass is 411 g/mol. The molecule has 1 N–H and O–H groups in total. The first-order valence-corrected chi connectivity index (χ1v) is 10.8. The molecule has 0 radical (unpaired) electrons. The van der Waals surface area contributed by atoms with E-state index in [2.05, 4.69) is 27.3 Å². The van der Waals surface area contributed by atoms with Gasteiger partial charge in [-0.3, -0.25) is 14.7 Å². The number of aromatic nitrogens is 1. The van der Waals surface area contributed by atoms with Crippen LogP contribution in [0.15, 0.2) is 42.7 Å². The molecule has 2 saturated heterocycles. The third-order valence-electron chi connectivity index (χ3n) is 6.84. The van der Waals surface area contributed by atoms with Crippen molar-refractivity contribution in [1.29, 1.82) is 0 Å². The van der Waals surface area contributed by atoms with E-state index in [1.54, 1.807) is 14.0 Å². The quantitative estimate of drug-likeness (QED) is 0.667. The molecule has 1 amide bonds. The molecule has 0 aliphatic carbocycles. The second kappa shape index (κ2) is 8.82. The second-order valence-corrected chi connectivity index (χ2v) is 8.50. The number of amides is 1. The summed E-state index contributed by atoms with van der Waals surface area (Å²) >= 11 is 0. The van der Waals surface area contributed by atoms with Crippen molar-refractivity contribution in [3.8, 4) is 0 Å². The van der Waals surface area contributed by atoms with Gasteiger partial charge in [-0.05, 0) is 50.2 Å². The number of carbonyl (C=O) groups is 1. The summed E-state index contributed by atoms with van der Waals surface area (Å²) in [6.07, 6.45) is 7.93. The summed E-state index contributed by atoms with van der Waals surface area (Å²) in [4.78, 5) is 19.7. The number of fused-ring (bicyclic) bond motifs is 2. The molecule has 2 aliphatic rings. The van der Waals surface area contributed by atoms with Crippen LogP contribution in [0, 0.1) is 12.7 Å². The Bertz CT molecular complexity index is 861. The minimum Gasteiger partial charge on any atom is -0.385 e. The summed E-state index contributed by atoms with van der Waals surface area (Å²) in [5.74, 6) is -0.952. The third-order valence-corrected chi connectivity index (χ3v) is 6.84. The molecule has 0 spiro atoms. The lowest BCUT2D eigenvalue weighted by Gasteiger charge is -2.42. The van der Waals surface area contributed by atoms with Gasteiger partial charge in [0, 0.05) is 38.0 Å². The molecule has 6 heteroatoms. The average Bonchev–Trinajstić information content (AvgIpc) is 3.28. The molecular formula is C24H30FN3O2. The number of hydrogen-bond donors (Lipinski definition) is 1. The predicted octanol–water partition coefficient (Wildman–Crippen LogP) is 4.03. The van der Waals surface area contributed by atoms with Crippen LogP contribution in [0.1, 0.15) is 59.6 Å². The maximum Gasteiger partial charge on any atom is 0.255 e. The highest BCUT2D eigenvalue weighted by Gasteiger charge is 2.56. The molecule has 2 aliphatic heterocycles. The molecule has 160 valence electrons. The first-order valence-electron chi connectivity index (χ1n) is 10.8. The highest BCUT2D eigenvalue weighted by Crippen LogP contribution is 2.52. The van der Waals surface area contributed by atoms with E-state index < -0.39 is 5.82 Å². The van der Waals surface area contributed by atoms with Gasteiger partial charge < -0.3 is 10.1 Å². The lowest BCUT2D eigenvalue weighted by atomic mass is 9.78. The van der Waals surface area contributed by atoms with Gasteiger partial charge in [-0.2, -0.15) is 0 Å². The number of aryl methyl sites for hydroxylation is 1. The summed E-state index contributed by atoms with van der Waals surface area (Å²) in [5, 5.41) is 3.23. The molecule has 1 aromatic carbocycles. The van der Waals surface area contributed by atoms with E-state index in [0.717, 1.165) is 57.0 Å². The lowest BCUT2D eigenvalue weighted by molar-refractivity contribution is 0.0737. The fourth-order valence-corrected chi connectivity index (χ4v) is 5.50. The molecule has 1 atom stereocenters. The van der Waals surface area contributed by atoms with Crippen LogP contribution in [0.5, 0.6) is 0 Å². The first kappa shape index (κ1) is 20.9. The van der Waals surface area contributed by atoms with Crippen molar-refractivity contribution in [3.05, 3.63) is 65.2 Å². The van der Waals surface area contributed by atoms with Crippen LogP contribution in [0.3, 0.4) is 0 Å². The third kappa shape index (κ3) is 3.74. The van der Waals surface area contributed by atoms with Gasteiger partial charge in [0.25, 0.3) is 5.91 Å². The standard InChI is InChI=1S/C24H30FN3O2/c1-17-15-26-16-20(25)21(17)23(29)27-22(18-7-4-3-5-8-18)24-11-9-19(10-12-24)28(24)13-6-14-30-2/h3-5,7-8,15-16,19,22H,6,9-14H2,1-2H3,(H,27,29). The van der Waals surface area contributed by atoms with Crippen LogP contribution in [0.25, 0.3) is 0 Å². The van der Waals surface area contributed by atoms with Crippen molar-refractivity contribution in [2.24, 2.45) is 0 Å². The Morgan fingerprint density at radius 1 is 1.30 bits per heavy atom. The molecule has 1 unspecified atom stereocenters.